The van der Waals surface area contributed by atoms with Crippen molar-refractivity contribution in [2.24, 2.45) is 0 Å². The van der Waals surface area contributed by atoms with Gasteiger partial charge in [-0.3, -0.25) is 4.79 Å². The van der Waals surface area contributed by atoms with Crippen LogP contribution in [-0.2, 0) is 14.3 Å². The van der Waals surface area contributed by atoms with Crippen LogP contribution in [0, 0.1) is 13.8 Å². The number of hydrogen-bond acceptors (Lipinski definition) is 3. The highest BCUT2D eigenvalue weighted by Gasteiger charge is 2.30. The Morgan fingerprint density at radius 1 is 1.45 bits per heavy atom. The summed E-state index contributed by atoms with van der Waals surface area (Å²) >= 11 is 0. The van der Waals surface area contributed by atoms with Gasteiger partial charge in [-0.25, -0.2) is 0 Å². The lowest BCUT2D eigenvalue weighted by atomic mass is 9.99. The molecule has 1 amide bonds. The van der Waals surface area contributed by atoms with Gasteiger partial charge in [-0.05, 0) is 31.9 Å². The summed E-state index contributed by atoms with van der Waals surface area (Å²) in [6.07, 6.45) is -0.0492. The van der Waals surface area contributed by atoms with Gasteiger partial charge in [-0.15, -0.1) is 0 Å². The number of rotatable bonds is 3. The molecular weight excluding hydrogens is 254 g/mol. The Labute approximate surface area is 120 Å². The number of carbonyl (C=O) groups is 1. The summed E-state index contributed by atoms with van der Waals surface area (Å²) in [5, 5.41) is 0. The van der Waals surface area contributed by atoms with Gasteiger partial charge in [0.15, 0.2) is 0 Å². The van der Waals surface area contributed by atoms with Crippen molar-refractivity contribution in [2.75, 3.05) is 26.9 Å². The molecular formula is C16H23NO3. The number of ether oxygens (including phenoxy) is 2. The van der Waals surface area contributed by atoms with Crippen molar-refractivity contribution in [3.05, 3.63) is 34.9 Å². The molecule has 0 radical (unpaired) electrons. The molecule has 1 heterocycles. The number of methoxy groups -OCH3 is 1. The minimum absolute atomic E-state index is 0.0265. The van der Waals surface area contributed by atoms with E-state index < -0.39 is 0 Å². The largest absolute Gasteiger partial charge is 0.375 e. The number of morpholine rings is 1. The Morgan fingerprint density at radius 2 is 2.20 bits per heavy atom. The maximum absolute atomic E-state index is 12.1. The zero-order chi connectivity index (χ0) is 14.7. The van der Waals surface area contributed by atoms with Crippen LogP contribution in [0.4, 0.5) is 0 Å². The van der Waals surface area contributed by atoms with Crippen molar-refractivity contribution in [3.63, 3.8) is 0 Å². The van der Waals surface area contributed by atoms with Crippen molar-refractivity contribution in [2.45, 2.75) is 32.9 Å². The fourth-order valence-corrected chi connectivity index (χ4v) is 2.61. The van der Waals surface area contributed by atoms with Gasteiger partial charge in [0.1, 0.15) is 12.7 Å². The second-order valence-electron chi connectivity index (χ2n) is 5.51. The first-order valence-corrected chi connectivity index (χ1v) is 7.00. The van der Waals surface area contributed by atoms with E-state index >= 15 is 0 Å². The third-order valence-corrected chi connectivity index (χ3v) is 3.80. The van der Waals surface area contributed by atoms with Crippen molar-refractivity contribution in [1.29, 1.82) is 0 Å². The standard InChI is InChI=1S/C16H23NO3/c1-11-5-6-12(2)14(7-11)15-8-17(13(3)9-20-15)16(18)10-19-4/h5-7,13,15H,8-10H2,1-4H3. The van der Waals surface area contributed by atoms with Crippen molar-refractivity contribution >= 4 is 5.91 Å². The van der Waals surface area contributed by atoms with Crippen LogP contribution in [-0.4, -0.2) is 43.7 Å². The van der Waals surface area contributed by atoms with Crippen molar-refractivity contribution in [3.8, 4) is 0 Å². The van der Waals surface area contributed by atoms with Gasteiger partial charge < -0.3 is 14.4 Å². The Balaban J connectivity index is 2.18. The van der Waals surface area contributed by atoms with E-state index in [0.717, 1.165) is 0 Å². The van der Waals surface area contributed by atoms with Crippen LogP contribution in [0.3, 0.4) is 0 Å². The molecule has 110 valence electrons. The van der Waals surface area contributed by atoms with Crippen LogP contribution in [0.5, 0.6) is 0 Å². The highest BCUT2D eigenvalue weighted by atomic mass is 16.5. The number of benzene rings is 1. The van der Waals surface area contributed by atoms with Gasteiger partial charge in [0.25, 0.3) is 0 Å². The van der Waals surface area contributed by atoms with Gasteiger partial charge in [0, 0.05) is 7.11 Å². The van der Waals surface area contributed by atoms with Crippen molar-refractivity contribution < 1.29 is 14.3 Å². The van der Waals surface area contributed by atoms with E-state index in [2.05, 4.69) is 32.0 Å². The summed E-state index contributed by atoms with van der Waals surface area (Å²) in [4.78, 5) is 13.9. The summed E-state index contributed by atoms with van der Waals surface area (Å²) in [7, 11) is 1.55. The fraction of sp³-hybridized carbons (Fsp3) is 0.562. The average molecular weight is 277 g/mol. The van der Waals surface area contributed by atoms with Gasteiger partial charge in [-0.2, -0.15) is 0 Å². The van der Waals surface area contributed by atoms with E-state index in [-0.39, 0.29) is 24.7 Å². The first kappa shape index (κ1) is 15.0. The summed E-state index contributed by atoms with van der Waals surface area (Å²) in [6, 6.07) is 6.44. The first-order valence-electron chi connectivity index (χ1n) is 7.00. The molecule has 2 unspecified atom stereocenters. The third-order valence-electron chi connectivity index (χ3n) is 3.80. The van der Waals surface area contributed by atoms with Crippen molar-refractivity contribution in [1.82, 2.24) is 4.90 Å². The molecule has 1 aliphatic heterocycles. The molecule has 0 spiro atoms. The second-order valence-corrected chi connectivity index (χ2v) is 5.51. The molecule has 0 aliphatic carbocycles. The van der Waals surface area contributed by atoms with Gasteiger partial charge in [0.2, 0.25) is 5.91 Å². The zero-order valence-electron chi connectivity index (χ0n) is 12.7. The van der Waals surface area contributed by atoms with E-state index in [1.807, 2.05) is 11.8 Å². The van der Waals surface area contributed by atoms with Crippen LogP contribution < -0.4 is 0 Å². The molecule has 2 rings (SSSR count). The summed E-state index contributed by atoms with van der Waals surface area (Å²) in [6.45, 7) is 7.44. The SMILES string of the molecule is COCC(=O)N1CC(c2cc(C)ccc2C)OCC1C. The number of aryl methyl sites for hydroxylation is 2. The molecule has 4 nitrogen and oxygen atoms in total. The predicted octanol–water partition coefficient (Wildman–Crippen LogP) is 2.24. The Morgan fingerprint density at radius 3 is 2.90 bits per heavy atom. The molecule has 1 aliphatic rings. The molecule has 1 saturated heterocycles. The molecule has 4 heteroatoms. The summed E-state index contributed by atoms with van der Waals surface area (Å²) < 4.78 is 10.9. The van der Waals surface area contributed by atoms with Gasteiger partial charge >= 0.3 is 0 Å². The Bertz CT molecular complexity index is 487. The first-order chi connectivity index (χ1) is 9.52. The second kappa shape index (κ2) is 6.37. The smallest absolute Gasteiger partial charge is 0.248 e. The third kappa shape index (κ3) is 3.19. The van der Waals surface area contributed by atoms with Gasteiger partial charge in [-0.1, -0.05) is 23.8 Å². The normalized spacial score (nSPS) is 22.9. The van der Waals surface area contributed by atoms with E-state index in [4.69, 9.17) is 9.47 Å². The molecule has 1 fully saturated rings. The Hall–Kier alpha value is -1.39. The van der Waals surface area contributed by atoms with Crippen LogP contribution in [0.25, 0.3) is 0 Å². The molecule has 0 aromatic heterocycles. The Kier molecular flexibility index (Phi) is 4.78. The van der Waals surface area contributed by atoms with Crippen LogP contribution in [0.15, 0.2) is 18.2 Å². The molecule has 1 aromatic carbocycles. The van der Waals surface area contributed by atoms with E-state index in [1.54, 1.807) is 7.11 Å². The fourth-order valence-electron chi connectivity index (χ4n) is 2.61. The zero-order valence-corrected chi connectivity index (χ0v) is 12.7. The van der Waals surface area contributed by atoms with E-state index in [1.165, 1.54) is 16.7 Å². The van der Waals surface area contributed by atoms with Gasteiger partial charge in [0.05, 0.1) is 19.2 Å². The maximum atomic E-state index is 12.1. The quantitative estimate of drug-likeness (QED) is 0.850. The van der Waals surface area contributed by atoms with E-state index in [9.17, 15) is 4.79 Å². The summed E-state index contributed by atoms with van der Waals surface area (Å²) in [5.74, 6) is 0.0265. The topological polar surface area (TPSA) is 38.8 Å². The summed E-state index contributed by atoms with van der Waals surface area (Å²) in [5.41, 5.74) is 3.59. The maximum Gasteiger partial charge on any atom is 0.248 e. The lowest BCUT2D eigenvalue weighted by Crippen LogP contribution is -2.49. The monoisotopic (exact) mass is 277 g/mol. The average Bonchev–Trinajstić information content (AvgIpc) is 2.42. The molecule has 1 aromatic rings. The number of nitrogens with zero attached hydrogens (tertiary/aromatic N) is 1. The number of amides is 1. The molecule has 2 atom stereocenters. The predicted molar refractivity (Wildman–Crippen MR) is 77.7 cm³/mol. The van der Waals surface area contributed by atoms with E-state index in [0.29, 0.717) is 13.2 Å². The van der Waals surface area contributed by atoms with Crippen LogP contribution in [0.1, 0.15) is 29.7 Å². The lowest BCUT2D eigenvalue weighted by Gasteiger charge is -2.38. The lowest BCUT2D eigenvalue weighted by molar-refractivity contribution is -0.148. The number of carbonyl (C=O) groups excluding carboxylic acids is 1. The number of hydrogen-bond donors (Lipinski definition) is 0. The van der Waals surface area contributed by atoms with Crippen LogP contribution in [0.2, 0.25) is 0 Å². The molecule has 0 saturated carbocycles. The highest BCUT2D eigenvalue weighted by Crippen LogP contribution is 2.28. The van der Waals surface area contributed by atoms with Crippen LogP contribution >= 0.6 is 0 Å². The minimum atomic E-state index is -0.0492. The molecule has 20 heavy (non-hydrogen) atoms. The highest BCUT2D eigenvalue weighted by molar-refractivity contribution is 5.78. The minimum Gasteiger partial charge on any atom is -0.375 e. The molecule has 0 N–H and O–H groups in total. The molecule has 0 bridgehead atoms.